The Bertz CT molecular complexity index is 1260. The van der Waals surface area contributed by atoms with Crippen molar-refractivity contribution in [1.29, 1.82) is 0 Å². The Morgan fingerprint density at radius 3 is 2.27 bits per heavy atom. The highest BCUT2D eigenvalue weighted by Gasteiger charge is 2.21. The van der Waals surface area contributed by atoms with Gasteiger partial charge in [-0.3, -0.25) is 9.59 Å². The van der Waals surface area contributed by atoms with E-state index in [4.69, 9.17) is 0 Å². The first kappa shape index (κ1) is 22.0. The lowest BCUT2D eigenvalue weighted by Crippen LogP contribution is -2.30. The zero-order valence-electron chi connectivity index (χ0n) is 18.4. The van der Waals surface area contributed by atoms with Gasteiger partial charge in [-0.15, -0.1) is 0 Å². The maximum absolute atomic E-state index is 14.5. The third-order valence-corrected chi connectivity index (χ3v) is 5.36. The zero-order valence-corrected chi connectivity index (χ0v) is 18.4. The summed E-state index contributed by atoms with van der Waals surface area (Å²) in [7, 11) is 0. The van der Waals surface area contributed by atoms with Crippen LogP contribution in [0, 0.1) is 5.82 Å². The molecule has 0 fully saturated rings. The summed E-state index contributed by atoms with van der Waals surface area (Å²) in [4.78, 5) is 27.4. The molecule has 0 radical (unpaired) electrons. The molecule has 0 aliphatic carbocycles. The topological polar surface area (TPSA) is 72.2 Å². The van der Waals surface area contributed by atoms with Crippen LogP contribution in [0.4, 0.5) is 10.1 Å². The standard InChI is InChI=1S/C25H24FN5O2/c1-3-29(4-2)25(33)18-11-13-19(14-12-18)28-23(32)20-17-27-31(22-10-6-5-9-21(22)26)24(20)30-15-7-8-16-30/h5-17H,3-4H2,1-2H3,(H,28,32). The number of hydrogen-bond acceptors (Lipinski definition) is 3. The Labute approximate surface area is 191 Å². The lowest BCUT2D eigenvalue weighted by molar-refractivity contribution is 0.0773. The molecule has 1 N–H and O–H groups in total. The van der Waals surface area contributed by atoms with Crippen LogP contribution in [0.2, 0.25) is 0 Å². The first-order valence-electron chi connectivity index (χ1n) is 10.7. The number of hydrogen-bond donors (Lipinski definition) is 1. The molecule has 2 aromatic carbocycles. The molecule has 0 spiro atoms. The number of halogens is 1. The number of carbonyl (C=O) groups is 2. The maximum atomic E-state index is 14.5. The van der Waals surface area contributed by atoms with Gasteiger partial charge < -0.3 is 14.8 Å². The molecule has 0 saturated heterocycles. The zero-order chi connectivity index (χ0) is 23.4. The highest BCUT2D eigenvalue weighted by molar-refractivity contribution is 6.06. The van der Waals surface area contributed by atoms with Gasteiger partial charge >= 0.3 is 0 Å². The van der Waals surface area contributed by atoms with Crippen LogP contribution in [-0.2, 0) is 0 Å². The number of benzene rings is 2. The second-order valence-electron chi connectivity index (χ2n) is 7.34. The maximum Gasteiger partial charge on any atom is 0.261 e. The van der Waals surface area contributed by atoms with E-state index in [1.165, 1.54) is 16.9 Å². The molecule has 2 aromatic heterocycles. The second kappa shape index (κ2) is 9.52. The van der Waals surface area contributed by atoms with Gasteiger partial charge in [0.15, 0.2) is 5.82 Å². The third-order valence-electron chi connectivity index (χ3n) is 5.36. The molecule has 33 heavy (non-hydrogen) atoms. The molecule has 0 atom stereocenters. The van der Waals surface area contributed by atoms with E-state index in [1.807, 2.05) is 26.0 Å². The predicted molar refractivity (Wildman–Crippen MR) is 124 cm³/mol. The molecule has 8 heteroatoms. The van der Waals surface area contributed by atoms with E-state index >= 15 is 0 Å². The number of para-hydroxylation sites is 1. The Morgan fingerprint density at radius 1 is 0.970 bits per heavy atom. The van der Waals surface area contributed by atoms with Gasteiger partial charge in [0.1, 0.15) is 17.1 Å². The lowest BCUT2D eigenvalue weighted by atomic mass is 10.1. The minimum absolute atomic E-state index is 0.0565. The van der Waals surface area contributed by atoms with Crippen LogP contribution < -0.4 is 5.32 Å². The van der Waals surface area contributed by atoms with Gasteiger partial charge in [0.25, 0.3) is 11.8 Å². The highest BCUT2D eigenvalue weighted by atomic mass is 19.1. The van der Waals surface area contributed by atoms with Crippen molar-refractivity contribution < 1.29 is 14.0 Å². The van der Waals surface area contributed by atoms with Crippen molar-refractivity contribution in [3.8, 4) is 11.5 Å². The number of anilines is 1. The third kappa shape index (κ3) is 4.41. The molecule has 0 aliphatic heterocycles. The summed E-state index contributed by atoms with van der Waals surface area (Å²) in [5.74, 6) is -0.492. The molecule has 2 heterocycles. The fraction of sp³-hybridized carbons (Fsp3) is 0.160. The quantitative estimate of drug-likeness (QED) is 0.454. The van der Waals surface area contributed by atoms with Gasteiger partial charge in [0, 0.05) is 36.7 Å². The molecule has 2 amide bonds. The summed E-state index contributed by atoms with van der Waals surface area (Å²) >= 11 is 0. The van der Waals surface area contributed by atoms with Crippen LogP contribution >= 0.6 is 0 Å². The number of carbonyl (C=O) groups excluding carboxylic acids is 2. The fourth-order valence-electron chi connectivity index (χ4n) is 3.61. The van der Waals surface area contributed by atoms with Crippen LogP contribution in [0.25, 0.3) is 11.5 Å². The first-order valence-corrected chi connectivity index (χ1v) is 10.7. The lowest BCUT2D eigenvalue weighted by Gasteiger charge is -2.18. The molecule has 0 aliphatic rings. The van der Waals surface area contributed by atoms with E-state index in [0.717, 1.165) is 0 Å². The Morgan fingerprint density at radius 2 is 1.64 bits per heavy atom. The summed E-state index contributed by atoms with van der Waals surface area (Å²) in [5, 5.41) is 7.13. The van der Waals surface area contributed by atoms with E-state index in [0.29, 0.717) is 30.2 Å². The molecule has 7 nitrogen and oxygen atoms in total. The normalized spacial score (nSPS) is 10.8. The fourth-order valence-corrected chi connectivity index (χ4v) is 3.61. The summed E-state index contributed by atoms with van der Waals surface area (Å²) in [6.07, 6.45) is 4.94. The SMILES string of the molecule is CCN(CC)C(=O)c1ccc(NC(=O)c2cnn(-c3ccccc3F)c2-n2cccc2)cc1. The van der Waals surface area contributed by atoms with Gasteiger partial charge in [0.2, 0.25) is 0 Å². The van der Waals surface area contributed by atoms with Crippen molar-refractivity contribution in [2.24, 2.45) is 0 Å². The smallest absolute Gasteiger partial charge is 0.261 e. The monoisotopic (exact) mass is 445 g/mol. The van der Waals surface area contributed by atoms with Crippen LogP contribution in [-0.4, -0.2) is 44.2 Å². The van der Waals surface area contributed by atoms with E-state index in [1.54, 1.807) is 64.3 Å². The summed E-state index contributed by atoms with van der Waals surface area (Å²) < 4.78 is 17.6. The van der Waals surface area contributed by atoms with Gasteiger partial charge in [-0.25, -0.2) is 9.07 Å². The molecular formula is C25H24FN5O2. The van der Waals surface area contributed by atoms with E-state index in [-0.39, 0.29) is 17.2 Å². The number of rotatable bonds is 7. The average molecular weight is 445 g/mol. The van der Waals surface area contributed by atoms with Crippen LogP contribution in [0.1, 0.15) is 34.6 Å². The van der Waals surface area contributed by atoms with E-state index in [9.17, 15) is 14.0 Å². The molecule has 168 valence electrons. The largest absolute Gasteiger partial charge is 0.339 e. The summed E-state index contributed by atoms with van der Waals surface area (Å²) in [5.41, 5.74) is 1.60. The predicted octanol–water partition coefficient (Wildman–Crippen LogP) is 4.54. The van der Waals surface area contributed by atoms with Crippen LogP contribution in [0.15, 0.2) is 79.3 Å². The average Bonchev–Trinajstić information content (AvgIpc) is 3.50. The summed E-state index contributed by atoms with van der Waals surface area (Å²) in [6, 6.07) is 16.6. The molecule has 0 saturated carbocycles. The van der Waals surface area contributed by atoms with E-state index < -0.39 is 11.7 Å². The van der Waals surface area contributed by atoms with Crippen LogP contribution in [0.5, 0.6) is 0 Å². The number of aromatic nitrogens is 3. The van der Waals surface area contributed by atoms with Crippen molar-refractivity contribution in [3.05, 3.63) is 96.2 Å². The minimum Gasteiger partial charge on any atom is -0.339 e. The Hall–Kier alpha value is -4.20. The number of nitrogens with one attached hydrogen (secondary N) is 1. The number of amides is 2. The van der Waals surface area contributed by atoms with Gasteiger partial charge in [-0.05, 0) is 62.4 Å². The van der Waals surface area contributed by atoms with Crippen molar-refractivity contribution in [2.45, 2.75) is 13.8 Å². The van der Waals surface area contributed by atoms with E-state index in [2.05, 4.69) is 10.4 Å². The van der Waals surface area contributed by atoms with Gasteiger partial charge in [0.05, 0.1) is 6.20 Å². The second-order valence-corrected chi connectivity index (χ2v) is 7.34. The molecular weight excluding hydrogens is 421 g/mol. The molecule has 0 unspecified atom stereocenters. The molecule has 4 aromatic rings. The highest BCUT2D eigenvalue weighted by Crippen LogP contribution is 2.23. The van der Waals surface area contributed by atoms with Crippen molar-refractivity contribution in [2.75, 3.05) is 18.4 Å². The molecule has 4 rings (SSSR count). The van der Waals surface area contributed by atoms with Crippen molar-refractivity contribution in [3.63, 3.8) is 0 Å². The first-order chi connectivity index (χ1) is 16.0. The van der Waals surface area contributed by atoms with Crippen molar-refractivity contribution in [1.82, 2.24) is 19.2 Å². The molecule has 0 bridgehead atoms. The minimum atomic E-state index is -0.450. The summed E-state index contributed by atoms with van der Waals surface area (Å²) in [6.45, 7) is 5.11. The van der Waals surface area contributed by atoms with Gasteiger partial charge in [-0.1, -0.05) is 12.1 Å². The Balaban J connectivity index is 1.63. The van der Waals surface area contributed by atoms with Gasteiger partial charge in [-0.2, -0.15) is 5.10 Å². The number of nitrogens with zero attached hydrogens (tertiary/aromatic N) is 4. The van der Waals surface area contributed by atoms with Crippen LogP contribution in [0.3, 0.4) is 0 Å². The van der Waals surface area contributed by atoms with Crippen molar-refractivity contribution >= 4 is 17.5 Å². The Kier molecular flexibility index (Phi) is 6.35.